The number of esters is 2. The SMILES string of the molecule is C=C(COC(=O)c1nn(-c2ccc(N(Cc3ccc(F)cc3)Cc3ccc(F)cc3)cc2)c2ccccc12)C(=O)OC. The van der Waals surface area contributed by atoms with E-state index in [1.54, 1.807) is 41.1 Å². The van der Waals surface area contributed by atoms with Crippen LogP contribution in [0.2, 0.25) is 0 Å². The predicted molar refractivity (Wildman–Crippen MR) is 155 cm³/mol. The van der Waals surface area contributed by atoms with Crippen LogP contribution >= 0.6 is 0 Å². The minimum Gasteiger partial charge on any atom is -0.466 e. The number of methoxy groups -OCH3 is 1. The van der Waals surface area contributed by atoms with Gasteiger partial charge in [0.2, 0.25) is 0 Å². The van der Waals surface area contributed by atoms with Crippen LogP contribution in [-0.2, 0) is 27.4 Å². The van der Waals surface area contributed by atoms with Gasteiger partial charge in [-0.05, 0) is 65.7 Å². The molecule has 7 nitrogen and oxygen atoms in total. The van der Waals surface area contributed by atoms with Crippen LogP contribution in [0.5, 0.6) is 0 Å². The van der Waals surface area contributed by atoms with Crippen molar-refractivity contribution >= 4 is 28.5 Å². The summed E-state index contributed by atoms with van der Waals surface area (Å²) in [6.45, 7) is 4.24. The summed E-state index contributed by atoms with van der Waals surface area (Å²) in [6, 6.07) is 27.5. The highest BCUT2D eigenvalue weighted by atomic mass is 19.1. The number of fused-ring (bicyclic) bond motifs is 1. The molecular formula is C33H27F2N3O4. The fraction of sp³-hybridized carbons (Fsp3) is 0.121. The van der Waals surface area contributed by atoms with E-state index in [2.05, 4.69) is 21.3 Å². The smallest absolute Gasteiger partial charge is 0.359 e. The molecule has 0 bridgehead atoms. The largest absolute Gasteiger partial charge is 0.466 e. The number of nitrogens with zero attached hydrogens (tertiary/aromatic N) is 3. The second kappa shape index (κ2) is 12.5. The number of rotatable bonds is 10. The van der Waals surface area contributed by atoms with Crippen LogP contribution in [0.15, 0.2) is 109 Å². The highest BCUT2D eigenvalue weighted by Crippen LogP contribution is 2.26. The van der Waals surface area contributed by atoms with Crippen molar-refractivity contribution in [2.75, 3.05) is 18.6 Å². The first kappa shape index (κ1) is 28.2. The molecule has 1 aromatic heterocycles. The molecule has 212 valence electrons. The quantitative estimate of drug-likeness (QED) is 0.144. The lowest BCUT2D eigenvalue weighted by Crippen LogP contribution is -2.22. The fourth-order valence-corrected chi connectivity index (χ4v) is 4.50. The van der Waals surface area contributed by atoms with Gasteiger partial charge in [0.15, 0.2) is 5.69 Å². The average molecular weight is 568 g/mol. The number of aromatic nitrogens is 2. The van der Waals surface area contributed by atoms with Crippen molar-refractivity contribution in [3.8, 4) is 5.69 Å². The Morgan fingerprint density at radius 1 is 0.833 bits per heavy atom. The molecule has 0 N–H and O–H groups in total. The number of hydrogen-bond donors (Lipinski definition) is 0. The zero-order valence-corrected chi connectivity index (χ0v) is 22.8. The zero-order valence-electron chi connectivity index (χ0n) is 22.8. The fourth-order valence-electron chi connectivity index (χ4n) is 4.50. The standard InChI is InChI=1S/C33H27F2N3O4/c1-22(32(39)41-2)21-42-33(40)31-29-5-3-4-6-30(29)38(36-31)28-17-15-27(16-18-28)37(19-23-7-11-25(34)12-8-23)20-24-9-13-26(35)14-10-24/h3-18H,1,19-21H2,2H3. The van der Waals surface area contributed by atoms with E-state index in [1.165, 1.54) is 31.4 Å². The summed E-state index contributed by atoms with van der Waals surface area (Å²) >= 11 is 0. The maximum absolute atomic E-state index is 13.5. The molecule has 0 saturated carbocycles. The molecule has 42 heavy (non-hydrogen) atoms. The molecule has 0 saturated heterocycles. The molecule has 0 unspecified atom stereocenters. The van der Waals surface area contributed by atoms with E-state index < -0.39 is 11.9 Å². The maximum Gasteiger partial charge on any atom is 0.359 e. The first-order valence-electron chi connectivity index (χ1n) is 13.1. The second-order valence-electron chi connectivity index (χ2n) is 9.57. The first-order chi connectivity index (χ1) is 20.3. The van der Waals surface area contributed by atoms with Crippen LogP contribution in [0.3, 0.4) is 0 Å². The van der Waals surface area contributed by atoms with Gasteiger partial charge in [0.1, 0.15) is 18.2 Å². The van der Waals surface area contributed by atoms with Gasteiger partial charge < -0.3 is 14.4 Å². The van der Waals surface area contributed by atoms with Crippen LogP contribution in [0.25, 0.3) is 16.6 Å². The lowest BCUT2D eigenvalue weighted by atomic mass is 10.1. The molecule has 5 rings (SSSR count). The van der Waals surface area contributed by atoms with Gasteiger partial charge in [-0.15, -0.1) is 0 Å². The number of carbonyl (C=O) groups excluding carboxylic acids is 2. The van der Waals surface area contributed by atoms with Crippen molar-refractivity contribution in [2.24, 2.45) is 0 Å². The Labute approximate surface area is 241 Å². The van der Waals surface area contributed by atoms with Gasteiger partial charge in [-0.1, -0.05) is 49.0 Å². The summed E-state index contributed by atoms with van der Waals surface area (Å²) in [5.41, 5.74) is 4.22. The van der Waals surface area contributed by atoms with E-state index in [4.69, 9.17) is 4.74 Å². The molecule has 0 radical (unpaired) electrons. The topological polar surface area (TPSA) is 73.7 Å². The van der Waals surface area contributed by atoms with Crippen molar-refractivity contribution in [1.82, 2.24) is 9.78 Å². The Kier molecular flexibility index (Phi) is 8.38. The summed E-state index contributed by atoms with van der Waals surface area (Å²) in [5.74, 6) is -1.98. The Morgan fingerprint density at radius 3 is 1.98 bits per heavy atom. The monoisotopic (exact) mass is 567 g/mol. The third-order valence-electron chi connectivity index (χ3n) is 6.67. The van der Waals surface area contributed by atoms with E-state index in [1.807, 2.05) is 36.4 Å². The van der Waals surface area contributed by atoms with Gasteiger partial charge in [0, 0.05) is 24.2 Å². The normalized spacial score (nSPS) is 10.8. The Bertz CT molecular complexity index is 1680. The summed E-state index contributed by atoms with van der Waals surface area (Å²) in [7, 11) is 1.22. The van der Waals surface area contributed by atoms with Crippen LogP contribution in [0.1, 0.15) is 21.6 Å². The minimum absolute atomic E-state index is 0.0102. The average Bonchev–Trinajstić information content (AvgIpc) is 3.41. The molecule has 0 aliphatic carbocycles. The summed E-state index contributed by atoms with van der Waals surface area (Å²) in [6.07, 6.45) is 0. The first-order valence-corrected chi connectivity index (χ1v) is 13.1. The van der Waals surface area contributed by atoms with Gasteiger partial charge in [-0.3, -0.25) is 0 Å². The van der Waals surface area contributed by atoms with E-state index in [9.17, 15) is 18.4 Å². The molecule has 5 aromatic rings. The van der Waals surface area contributed by atoms with Crippen LogP contribution in [0.4, 0.5) is 14.5 Å². The molecule has 9 heteroatoms. The molecular weight excluding hydrogens is 540 g/mol. The van der Waals surface area contributed by atoms with Crippen molar-refractivity contribution in [3.63, 3.8) is 0 Å². The van der Waals surface area contributed by atoms with Crippen LogP contribution < -0.4 is 4.90 Å². The number of ether oxygens (including phenoxy) is 2. The van der Waals surface area contributed by atoms with Gasteiger partial charge in [-0.25, -0.2) is 23.1 Å². The molecule has 0 amide bonds. The molecule has 0 atom stereocenters. The Balaban J connectivity index is 1.43. The highest BCUT2D eigenvalue weighted by molar-refractivity contribution is 6.02. The third-order valence-corrected chi connectivity index (χ3v) is 6.67. The van der Waals surface area contributed by atoms with Crippen molar-refractivity contribution in [1.29, 1.82) is 0 Å². The lowest BCUT2D eigenvalue weighted by Gasteiger charge is -2.25. The van der Waals surface area contributed by atoms with Gasteiger partial charge >= 0.3 is 11.9 Å². The maximum atomic E-state index is 13.5. The minimum atomic E-state index is -0.698. The molecule has 0 aliphatic heterocycles. The molecule has 1 heterocycles. The second-order valence-corrected chi connectivity index (χ2v) is 9.57. The van der Waals surface area contributed by atoms with E-state index in [0.29, 0.717) is 29.7 Å². The number of halogens is 2. The van der Waals surface area contributed by atoms with Gasteiger partial charge in [0.05, 0.1) is 23.9 Å². The highest BCUT2D eigenvalue weighted by Gasteiger charge is 2.21. The van der Waals surface area contributed by atoms with Crippen LogP contribution in [0, 0.1) is 11.6 Å². The number of carbonyl (C=O) groups is 2. The third kappa shape index (κ3) is 6.36. The number of hydrogen-bond acceptors (Lipinski definition) is 6. The van der Waals surface area contributed by atoms with E-state index in [-0.39, 0.29) is 29.5 Å². The summed E-state index contributed by atoms with van der Waals surface area (Å²) < 4.78 is 38.6. The van der Waals surface area contributed by atoms with Crippen molar-refractivity contribution in [3.05, 3.63) is 138 Å². The molecule has 0 spiro atoms. The number of anilines is 1. The Hall–Kier alpha value is -5.31. The zero-order chi connectivity index (χ0) is 29.6. The lowest BCUT2D eigenvalue weighted by molar-refractivity contribution is -0.136. The van der Waals surface area contributed by atoms with E-state index in [0.717, 1.165) is 16.8 Å². The summed E-state index contributed by atoms with van der Waals surface area (Å²) in [5, 5.41) is 5.13. The van der Waals surface area contributed by atoms with Crippen LogP contribution in [-0.4, -0.2) is 35.4 Å². The predicted octanol–water partition coefficient (Wildman–Crippen LogP) is 6.40. The van der Waals surface area contributed by atoms with Crippen molar-refractivity contribution < 1.29 is 27.8 Å². The van der Waals surface area contributed by atoms with Gasteiger partial charge in [0.25, 0.3) is 0 Å². The van der Waals surface area contributed by atoms with Gasteiger partial charge in [-0.2, -0.15) is 5.10 Å². The molecule has 0 fully saturated rings. The molecule has 4 aromatic carbocycles. The summed E-state index contributed by atoms with van der Waals surface area (Å²) in [4.78, 5) is 26.6. The number of para-hydroxylation sites is 1. The Morgan fingerprint density at radius 2 is 1.40 bits per heavy atom. The van der Waals surface area contributed by atoms with E-state index >= 15 is 0 Å². The molecule has 0 aliphatic rings. The van der Waals surface area contributed by atoms with Crippen molar-refractivity contribution in [2.45, 2.75) is 13.1 Å². The number of benzene rings is 4.